The average molecular weight is 1060 g/mol. The van der Waals surface area contributed by atoms with Gasteiger partial charge >= 0.3 is 0 Å². The summed E-state index contributed by atoms with van der Waals surface area (Å²) in [5.41, 5.74) is 0. The Morgan fingerprint density at radius 1 is 0.480 bits per heavy atom. The van der Waals surface area contributed by atoms with Crippen molar-refractivity contribution in [3.63, 3.8) is 0 Å². The van der Waals surface area contributed by atoms with Gasteiger partial charge in [-0.05, 0) is 109 Å². The number of allylic oxidation sites excluding steroid dienone is 21. The molecule has 0 aromatic carbocycles. The minimum atomic E-state index is -4.63. The number of nitrogens with one attached hydrogen (secondary N) is 1. The van der Waals surface area contributed by atoms with Gasteiger partial charge in [-0.25, -0.2) is 0 Å². The maximum Gasteiger partial charge on any atom is 0.268 e. The number of carbonyl (C=O) groups is 1. The second-order valence-electron chi connectivity index (χ2n) is 20.9. The van der Waals surface area contributed by atoms with Crippen molar-refractivity contribution in [1.29, 1.82) is 0 Å². The largest absolute Gasteiger partial charge is 0.756 e. The fourth-order valence-electron chi connectivity index (χ4n) is 7.91. The standard InChI is InChI=1S/C66H113N2O6P/c1-6-8-10-12-14-16-18-20-22-24-26-28-30-32-33-34-35-36-38-40-42-44-46-48-50-52-54-56-58-60-66(70)67-64(63-74-75(71,72)73-62-61-68(3,4)5)65(69)59-57-55-53-51-49-47-45-43-41-39-37-31-29-27-25-23-21-19-17-15-13-11-9-7-2/h8,10,14,16,20,22,26,28,32-33,35-36,40-43,46,48-49,51,57,59,64-65,69H,6-7,9,11-13,15,17-19,21,23-25,27,29-31,34,37-39,44-45,47,50,52-56,58,60-63H2,1-5H3,(H-,67,70,71,72)/b10-8-,16-14-,22-20-,28-26-,33-32-,36-35-,42-40-,43-41+,48-46-,51-49+,59-57+. The first-order valence-electron chi connectivity index (χ1n) is 30.0. The highest BCUT2D eigenvalue weighted by atomic mass is 31.2. The highest BCUT2D eigenvalue weighted by Crippen LogP contribution is 2.38. The molecule has 2 N–H and O–H groups in total. The SMILES string of the molecule is CC/C=C\C/C=C\C/C=C\C/C=C\C/C=C\C/C=C\C/C=C\C/C=C\CCCCCCC(=O)NC(COP(=O)([O-])OCC[N+](C)(C)C)C(O)/C=C/CC/C=C/CC/C=C/CCCCCCCCCCCCCCCC. The van der Waals surface area contributed by atoms with Crippen molar-refractivity contribution in [2.75, 3.05) is 40.9 Å². The summed E-state index contributed by atoms with van der Waals surface area (Å²) in [6.45, 7) is 4.48. The van der Waals surface area contributed by atoms with E-state index in [1.54, 1.807) is 6.08 Å². The molecule has 3 unspecified atom stereocenters. The van der Waals surface area contributed by atoms with Crippen LogP contribution in [0, 0.1) is 0 Å². The number of nitrogens with zero attached hydrogens (tertiary/aromatic N) is 1. The van der Waals surface area contributed by atoms with Crippen LogP contribution in [0.5, 0.6) is 0 Å². The second-order valence-corrected chi connectivity index (χ2v) is 22.4. The lowest BCUT2D eigenvalue weighted by Crippen LogP contribution is -2.45. The number of amides is 1. The molecule has 0 aliphatic heterocycles. The van der Waals surface area contributed by atoms with Crippen LogP contribution in [0.4, 0.5) is 0 Å². The molecule has 1 amide bonds. The van der Waals surface area contributed by atoms with Crippen molar-refractivity contribution in [3.05, 3.63) is 134 Å². The lowest BCUT2D eigenvalue weighted by atomic mass is 10.0. The number of aliphatic hydroxyl groups excluding tert-OH is 1. The Hall–Kier alpha value is -3.36. The van der Waals surface area contributed by atoms with Crippen molar-refractivity contribution in [2.45, 2.75) is 238 Å². The number of likely N-dealkylation sites (N-methyl/N-ethyl adjacent to an activating group) is 1. The molecular formula is C66H113N2O6P. The number of hydrogen-bond acceptors (Lipinski definition) is 6. The molecule has 75 heavy (non-hydrogen) atoms. The van der Waals surface area contributed by atoms with E-state index in [0.29, 0.717) is 23.9 Å². The molecule has 0 bridgehead atoms. The van der Waals surface area contributed by atoms with Crippen molar-refractivity contribution < 1.29 is 32.9 Å². The van der Waals surface area contributed by atoms with Gasteiger partial charge in [-0.3, -0.25) is 9.36 Å². The Morgan fingerprint density at radius 3 is 1.24 bits per heavy atom. The zero-order valence-corrected chi connectivity index (χ0v) is 49.6. The van der Waals surface area contributed by atoms with E-state index in [1.165, 1.54) is 96.3 Å². The van der Waals surface area contributed by atoms with Gasteiger partial charge in [-0.1, -0.05) is 244 Å². The summed E-state index contributed by atoms with van der Waals surface area (Å²) in [5, 5.41) is 13.9. The van der Waals surface area contributed by atoms with E-state index in [1.807, 2.05) is 27.2 Å². The van der Waals surface area contributed by atoms with E-state index < -0.39 is 26.6 Å². The molecule has 0 heterocycles. The number of quaternary nitrogens is 1. The molecule has 0 rings (SSSR count). The zero-order valence-electron chi connectivity index (χ0n) is 48.7. The van der Waals surface area contributed by atoms with Crippen LogP contribution in [-0.4, -0.2) is 68.5 Å². The summed E-state index contributed by atoms with van der Waals surface area (Å²) in [4.78, 5) is 25.5. The first-order chi connectivity index (χ1) is 36.5. The molecule has 428 valence electrons. The molecule has 0 fully saturated rings. The van der Waals surface area contributed by atoms with E-state index in [-0.39, 0.29) is 12.5 Å². The molecule has 3 atom stereocenters. The van der Waals surface area contributed by atoms with Gasteiger partial charge in [0.15, 0.2) is 0 Å². The summed E-state index contributed by atoms with van der Waals surface area (Å²) < 4.78 is 23.3. The number of hydrogen-bond donors (Lipinski definition) is 2. The number of phosphoric ester groups is 1. The Labute approximate surface area is 462 Å². The van der Waals surface area contributed by atoms with Gasteiger partial charge in [0.05, 0.1) is 39.9 Å². The minimum absolute atomic E-state index is 0.0222. The Kier molecular flexibility index (Phi) is 52.9. The third-order valence-corrected chi connectivity index (χ3v) is 13.5. The minimum Gasteiger partial charge on any atom is -0.756 e. The van der Waals surface area contributed by atoms with E-state index in [2.05, 4.69) is 141 Å². The lowest BCUT2D eigenvalue weighted by molar-refractivity contribution is -0.870. The number of phosphoric acid groups is 1. The average Bonchev–Trinajstić information content (AvgIpc) is 3.37. The van der Waals surface area contributed by atoms with E-state index in [0.717, 1.165) is 103 Å². The van der Waals surface area contributed by atoms with Crippen LogP contribution >= 0.6 is 7.82 Å². The fraction of sp³-hybridized carbons (Fsp3) is 0.652. The van der Waals surface area contributed by atoms with Crippen LogP contribution in [0.2, 0.25) is 0 Å². The van der Waals surface area contributed by atoms with Crippen LogP contribution < -0.4 is 10.2 Å². The Balaban J connectivity index is 4.38. The van der Waals surface area contributed by atoms with Gasteiger partial charge < -0.3 is 28.8 Å². The van der Waals surface area contributed by atoms with Crippen molar-refractivity contribution in [1.82, 2.24) is 5.32 Å². The van der Waals surface area contributed by atoms with E-state index in [4.69, 9.17) is 9.05 Å². The number of unbranched alkanes of at least 4 members (excludes halogenated alkanes) is 20. The summed E-state index contributed by atoms with van der Waals surface area (Å²) in [5.74, 6) is -0.241. The summed E-state index contributed by atoms with van der Waals surface area (Å²) in [6.07, 6.45) is 83.9. The molecule has 8 nitrogen and oxygen atoms in total. The highest BCUT2D eigenvalue weighted by Gasteiger charge is 2.23. The van der Waals surface area contributed by atoms with Crippen LogP contribution in [0.1, 0.15) is 226 Å². The molecule has 0 spiro atoms. The number of rotatable bonds is 53. The summed E-state index contributed by atoms with van der Waals surface area (Å²) in [6, 6.07) is -0.935. The van der Waals surface area contributed by atoms with E-state index in [9.17, 15) is 19.4 Å². The molecule has 0 aromatic heterocycles. The molecule has 0 saturated carbocycles. The Morgan fingerprint density at radius 2 is 0.827 bits per heavy atom. The van der Waals surface area contributed by atoms with Gasteiger partial charge in [0.2, 0.25) is 5.91 Å². The molecule has 0 radical (unpaired) electrons. The van der Waals surface area contributed by atoms with Crippen LogP contribution in [0.3, 0.4) is 0 Å². The van der Waals surface area contributed by atoms with Crippen LogP contribution in [0.15, 0.2) is 134 Å². The maximum atomic E-state index is 13.0. The van der Waals surface area contributed by atoms with Gasteiger partial charge in [0.1, 0.15) is 13.2 Å². The molecule has 0 aliphatic rings. The Bertz CT molecular complexity index is 1680. The smallest absolute Gasteiger partial charge is 0.268 e. The monoisotopic (exact) mass is 1060 g/mol. The highest BCUT2D eigenvalue weighted by molar-refractivity contribution is 7.45. The zero-order chi connectivity index (χ0) is 54.9. The number of carbonyl (C=O) groups excluding carboxylic acids is 1. The van der Waals surface area contributed by atoms with Crippen LogP contribution in [-0.2, 0) is 18.4 Å². The summed E-state index contributed by atoms with van der Waals surface area (Å²) >= 11 is 0. The first kappa shape index (κ1) is 71.6. The predicted octanol–water partition coefficient (Wildman–Crippen LogP) is 18.1. The van der Waals surface area contributed by atoms with Crippen molar-refractivity contribution in [2.24, 2.45) is 0 Å². The number of aliphatic hydroxyl groups is 1. The fourth-order valence-corrected chi connectivity index (χ4v) is 8.63. The maximum absolute atomic E-state index is 13.0. The molecule has 9 heteroatoms. The topological polar surface area (TPSA) is 108 Å². The molecular weight excluding hydrogens is 948 g/mol. The molecule has 0 saturated heterocycles. The third-order valence-electron chi connectivity index (χ3n) is 12.6. The molecule has 0 aromatic rings. The molecule has 0 aliphatic carbocycles. The van der Waals surface area contributed by atoms with Crippen LogP contribution in [0.25, 0.3) is 0 Å². The predicted molar refractivity (Wildman–Crippen MR) is 325 cm³/mol. The first-order valence-corrected chi connectivity index (χ1v) is 31.5. The lowest BCUT2D eigenvalue weighted by Gasteiger charge is -2.29. The van der Waals surface area contributed by atoms with Gasteiger partial charge in [0, 0.05) is 6.42 Å². The van der Waals surface area contributed by atoms with Gasteiger partial charge in [0.25, 0.3) is 7.82 Å². The van der Waals surface area contributed by atoms with Gasteiger partial charge in [-0.2, -0.15) is 0 Å². The second kappa shape index (κ2) is 55.4. The normalized spacial score (nSPS) is 14.8. The van der Waals surface area contributed by atoms with Crippen molar-refractivity contribution in [3.8, 4) is 0 Å². The summed E-state index contributed by atoms with van der Waals surface area (Å²) in [7, 11) is 1.20. The quantitative estimate of drug-likeness (QED) is 0.0272. The third kappa shape index (κ3) is 58.2. The van der Waals surface area contributed by atoms with E-state index >= 15 is 0 Å². The van der Waals surface area contributed by atoms with Gasteiger partial charge in [-0.15, -0.1) is 0 Å². The van der Waals surface area contributed by atoms with Crippen molar-refractivity contribution >= 4 is 13.7 Å².